The first kappa shape index (κ1) is 24.6. The highest BCUT2D eigenvalue weighted by Gasteiger charge is 2.22. The van der Waals surface area contributed by atoms with Gasteiger partial charge in [0.2, 0.25) is 0 Å². The summed E-state index contributed by atoms with van der Waals surface area (Å²) in [6, 6.07) is 16.9. The van der Waals surface area contributed by atoms with Crippen LogP contribution in [0, 0.1) is 6.92 Å². The molecule has 2 aromatic carbocycles. The second-order valence-corrected chi connectivity index (χ2v) is 7.76. The van der Waals surface area contributed by atoms with Gasteiger partial charge in [0.1, 0.15) is 23.4 Å². The number of aliphatic carboxylic acids is 1. The third kappa shape index (κ3) is 6.71. The van der Waals surface area contributed by atoms with Crippen LogP contribution >= 0.6 is 0 Å². The van der Waals surface area contributed by atoms with E-state index < -0.39 is 17.9 Å². The van der Waals surface area contributed by atoms with Crippen molar-refractivity contribution in [3.8, 4) is 11.5 Å². The lowest BCUT2D eigenvalue weighted by atomic mass is 10.0. The number of carboxylic acid groups (broad SMARTS) is 1. The standard InChI is InChI=1S/C26H29N3O5/c1-17-15-21(33-3)11-12-22(17)25(30)29-23(26(31)32)16-18-7-9-20(10-8-18)34-14-13-19-5-4-6-24(27-2)28-19/h4-12,15,23H,13-14,16H2,1-3H3,(H,27,28)(H,29,30)(H,31,32)/t23-/m0/s1. The average Bonchev–Trinajstić information content (AvgIpc) is 2.84. The van der Waals surface area contributed by atoms with Crippen molar-refractivity contribution in [2.24, 2.45) is 0 Å². The summed E-state index contributed by atoms with van der Waals surface area (Å²) in [5.74, 6) is 0.580. The van der Waals surface area contributed by atoms with Crippen LogP contribution in [0.4, 0.5) is 5.82 Å². The molecule has 8 heteroatoms. The minimum absolute atomic E-state index is 0.150. The number of methoxy groups -OCH3 is 1. The van der Waals surface area contributed by atoms with Crippen LogP contribution in [0.25, 0.3) is 0 Å². The molecule has 3 rings (SSSR count). The molecule has 3 aromatic rings. The van der Waals surface area contributed by atoms with E-state index in [1.807, 2.05) is 25.2 Å². The monoisotopic (exact) mass is 463 g/mol. The largest absolute Gasteiger partial charge is 0.497 e. The quantitative estimate of drug-likeness (QED) is 0.399. The number of nitrogens with zero attached hydrogens (tertiary/aromatic N) is 1. The molecule has 0 saturated carbocycles. The van der Waals surface area contributed by atoms with Crippen LogP contribution in [0.2, 0.25) is 0 Å². The maximum absolute atomic E-state index is 12.7. The molecule has 0 radical (unpaired) electrons. The minimum atomic E-state index is -1.10. The lowest BCUT2D eigenvalue weighted by Gasteiger charge is -2.16. The first-order valence-electron chi connectivity index (χ1n) is 10.9. The maximum atomic E-state index is 12.7. The smallest absolute Gasteiger partial charge is 0.326 e. The van der Waals surface area contributed by atoms with Gasteiger partial charge in [0.15, 0.2) is 0 Å². The van der Waals surface area contributed by atoms with E-state index in [9.17, 15) is 14.7 Å². The van der Waals surface area contributed by atoms with Gasteiger partial charge in [0, 0.05) is 31.1 Å². The van der Waals surface area contributed by atoms with Crippen molar-refractivity contribution in [1.82, 2.24) is 10.3 Å². The van der Waals surface area contributed by atoms with Crippen molar-refractivity contribution in [3.05, 3.63) is 83.0 Å². The van der Waals surface area contributed by atoms with Gasteiger partial charge in [0.25, 0.3) is 5.91 Å². The van der Waals surface area contributed by atoms with E-state index in [0.29, 0.717) is 35.7 Å². The molecular weight excluding hydrogens is 434 g/mol. The van der Waals surface area contributed by atoms with Gasteiger partial charge in [-0.2, -0.15) is 0 Å². The van der Waals surface area contributed by atoms with Crippen LogP contribution in [0.15, 0.2) is 60.7 Å². The second kappa shape index (κ2) is 11.7. The second-order valence-electron chi connectivity index (χ2n) is 7.76. The minimum Gasteiger partial charge on any atom is -0.497 e. The Kier molecular flexibility index (Phi) is 8.45. The fourth-order valence-electron chi connectivity index (χ4n) is 3.44. The van der Waals surface area contributed by atoms with E-state index in [4.69, 9.17) is 9.47 Å². The molecule has 8 nitrogen and oxygen atoms in total. The lowest BCUT2D eigenvalue weighted by molar-refractivity contribution is -0.139. The number of carboxylic acids is 1. The Balaban J connectivity index is 1.56. The number of amides is 1. The summed E-state index contributed by atoms with van der Waals surface area (Å²) >= 11 is 0. The zero-order valence-corrected chi connectivity index (χ0v) is 19.5. The number of hydrogen-bond acceptors (Lipinski definition) is 6. The predicted molar refractivity (Wildman–Crippen MR) is 130 cm³/mol. The SMILES string of the molecule is CNc1cccc(CCOc2ccc(C[C@H](NC(=O)c3ccc(OC)cc3C)C(=O)O)cc2)n1. The number of carbonyl (C=O) groups excluding carboxylic acids is 1. The molecule has 1 atom stereocenters. The molecule has 0 unspecified atom stereocenters. The molecule has 0 fully saturated rings. The number of anilines is 1. The van der Waals surface area contributed by atoms with Gasteiger partial charge >= 0.3 is 5.97 Å². The van der Waals surface area contributed by atoms with Crippen molar-refractivity contribution >= 4 is 17.7 Å². The van der Waals surface area contributed by atoms with E-state index in [1.165, 1.54) is 0 Å². The van der Waals surface area contributed by atoms with Crippen LogP contribution in [-0.4, -0.2) is 48.8 Å². The molecule has 0 aliphatic carbocycles. The third-order valence-electron chi connectivity index (χ3n) is 5.33. The molecule has 0 saturated heterocycles. The summed E-state index contributed by atoms with van der Waals surface area (Å²) in [6.07, 6.45) is 0.812. The molecule has 178 valence electrons. The molecule has 0 bridgehead atoms. The van der Waals surface area contributed by atoms with E-state index in [0.717, 1.165) is 17.1 Å². The van der Waals surface area contributed by atoms with Crippen LogP contribution in [0.1, 0.15) is 27.2 Å². The molecule has 34 heavy (non-hydrogen) atoms. The Morgan fingerprint density at radius 1 is 1.06 bits per heavy atom. The Morgan fingerprint density at radius 3 is 2.44 bits per heavy atom. The summed E-state index contributed by atoms with van der Waals surface area (Å²) in [5.41, 5.74) is 2.81. The molecule has 0 aliphatic rings. The maximum Gasteiger partial charge on any atom is 0.326 e. The third-order valence-corrected chi connectivity index (χ3v) is 5.33. The molecule has 1 aromatic heterocycles. The van der Waals surface area contributed by atoms with E-state index >= 15 is 0 Å². The van der Waals surface area contributed by atoms with Crippen molar-refractivity contribution in [1.29, 1.82) is 0 Å². The van der Waals surface area contributed by atoms with Crippen LogP contribution < -0.4 is 20.1 Å². The van der Waals surface area contributed by atoms with Crippen molar-refractivity contribution in [2.75, 3.05) is 26.1 Å². The number of aryl methyl sites for hydroxylation is 1. The van der Waals surface area contributed by atoms with Crippen molar-refractivity contribution < 1.29 is 24.2 Å². The first-order valence-corrected chi connectivity index (χ1v) is 10.9. The number of rotatable bonds is 11. The number of aromatic nitrogens is 1. The molecular formula is C26H29N3O5. The van der Waals surface area contributed by atoms with E-state index in [1.54, 1.807) is 56.5 Å². The van der Waals surface area contributed by atoms with Crippen LogP contribution in [0.3, 0.4) is 0 Å². The first-order chi connectivity index (χ1) is 16.4. The zero-order chi connectivity index (χ0) is 24.5. The number of carbonyl (C=O) groups is 2. The Morgan fingerprint density at radius 2 is 1.79 bits per heavy atom. The number of ether oxygens (including phenoxy) is 2. The Bertz CT molecular complexity index is 1130. The van der Waals surface area contributed by atoms with Crippen molar-refractivity contribution in [2.45, 2.75) is 25.8 Å². The summed E-state index contributed by atoms with van der Waals surface area (Å²) in [5, 5.41) is 15.3. The van der Waals surface area contributed by atoms with Crippen molar-refractivity contribution in [3.63, 3.8) is 0 Å². The topological polar surface area (TPSA) is 110 Å². The molecule has 0 aliphatic heterocycles. The normalized spacial score (nSPS) is 11.4. The molecule has 0 spiro atoms. The fraction of sp³-hybridized carbons (Fsp3) is 0.269. The average molecular weight is 464 g/mol. The number of pyridine rings is 1. The summed E-state index contributed by atoms with van der Waals surface area (Å²) in [4.78, 5) is 28.9. The lowest BCUT2D eigenvalue weighted by Crippen LogP contribution is -2.42. The summed E-state index contributed by atoms with van der Waals surface area (Å²) < 4.78 is 10.9. The Hall–Kier alpha value is -4.07. The van der Waals surface area contributed by atoms with E-state index in [2.05, 4.69) is 15.6 Å². The van der Waals surface area contributed by atoms with Gasteiger partial charge in [-0.1, -0.05) is 18.2 Å². The van der Waals surface area contributed by atoms with Gasteiger partial charge in [-0.05, 0) is 60.5 Å². The van der Waals surface area contributed by atoms with Gasteiger partial charge in [0.05, 0.1) is 13.7 Å². The highest BCUT2D eigenvalue weighted by Crippen LogP contribution is 2.18. The predicted octanol–water partition coefficient (Wildman–Crippen LogP) is 3.49. The van der Waals surface area contributed by atoms with Gasteiger partial charge in [-0.15, -0.1) is 0 Å². The van der Waals surface area contributed by atoms with Gasteiger partial charge < -0.3 is 25.2 Å². The summed E-state index contributed by atoms with van der Waals surface area (Å²) in [7, 11) is 3.37. The zero-order valence-electron chi connectivity index (χ0n) is 19.5. The molecule has 1 amide bonds. The highest BCUT2D eigenvalue weighted by atomic mass is 16.5. The van der Waals surface area contributed by atoms with E-state index in [-0.39, 0.29) is 6.42 Å². The summed E-state index contributed by atoms with van der Waals surface area (Å²) in [6.45, 7) is 2.24. The number of hydrogen-bond donors (Lipinski definition) is 3. The fourth-order valence-corrected chi connectivity index (χ4v) is 3.44. The van der Waals surface area contributed by atoms with Gasteiger partial charge in [-0.3, -0.25) is 4.79 Å². The highest BCUT2D eigenvalue weighted by molar-refractivity contribution is 5.98. The number of benzene rings is 2. The van der Waals surface area contributed by atoms with Gasteiger partial charge in [-0.25, -0.2) is 9.78 Å². The molecule has 3 N–H and O–H groups in total. The Labute approximate surface area is 198 Å². The van der Waals surface area contributed by atoms with Crippen LogP contribution in [-0.2, 0) is 17.6 Å². The van der Waals surface area contributed by atoms with Crippen LogP contribution in [0.5, 0.6) is 11.5 Å². The molecule has 1 heterocycles. The number of nitrogens with one attached hydrogen (secondary N) is 2.